The van der Waals surface area contributed by atoms with Crippen LogP contribution in [-0.4, -0.2) is 46.4 Å². The van der Waals surface area contributed by atoms with Gasteiger partial charge < -0.3 is 14.8 Å². The number of carbonyl (C=O) groups is 1. The molecular formula is C17H18F2N2O5S. The van der Waals surface area contributed by atoms with E-state index in [4.69, 9.17) is 4.74 Å². The number of halogens is 2. The zero-order valence-corrected chi connectivity index (χ0v) is 15.6. The fourth-order valence-electron chi connectivity index (χ4n) is 2.13. The Labute approximate surface area is 155 Å². The molecule has 0 spiro atoms. The highest BCUT2D eigenvalue weighted by Crippen LogP contribution is 2.31. The Hall–Kier alpha value is -2.72. The second-order valence-electron chi connectivity index (χ2n) is 5.51. The first kappa shape index (κ1) is 20.6. The average Bonchev–Trinajstić information content (AvgIpc) is 2.61. The summed E-state index contributed by atoms with van der Waals surface area (Å²) >= 11 is 0. The van der Waals surface area contributed by atoms with Crippen LogP contribution in [0.3, 0.4) is 0 Å². The summed E-state index contributed by atoms with van der Waals surface area (Å²) in [6.45, 7) is -3.05. The van der Waals surface area contributed by atoms with E-state index in [0.717, 1.165) is 4.31 Å². The van der Waals surface area contributed by atoms with Crippen molar-refractivity contribution in [1.29, 1.82) is 0 Å². The number of benzene rings is 2. The lowest BCUT2D eigenvalue weighted by Gasteiger charge is -2.13. The number of hydrogen-bond donors (Lipinski definition) is 1. The van der Waals surface area contributed by atoms with Crippen LogP contribution in [0.5, 0.6) is 11.5 Å². The molecule has 0 aromatic heterocycles. The van der Waals surface area contributed by atoms with Crippen molar-refractivity contribution < 1.29 is 31.5 Å². The minimum Gasteiger partial charge on any atom is -0.493 e. The third-order valence-electron chi connectivity index (χ3n) is 3.53. The van der Waals surface area contributed by atoms with Crippen LogP contribution in [-0.2, 0) is 10.0 Å². The number of anilines is 1. The van der Waals surface area contributed by atoms with Crippen LogP contribution in [0.15, 0.2) is 47.4 Å². The molecule has 1 amide bonds. The molecule has 0 aliphatic carbocycles. The molecule has 0 unspecified atom stereocenters. The first-order valence-electron chi connectivity index (χ1n) is 7.62. The second-order valence-corrected chi connectivity index (χ2v) is 7.66. The summed E-state index contributed by atoms with van der Waals surface area (Å²) in [6, 6.07) is 9.36. The topological polar surface area (TPSA) is 84.9 Å². The summed E-state index contributed by atoms with van der Waals surface area (Å²) < 4.78 is 59.3. The van der Waals surface area contributed by atoms with Crippen molar-refractivity contribution in [3.05, 3.63) is 48.0 Å². The summed E-state index contributed by atoms with van der Waals surface area (Å²) in [5, 5.41) is 2.52. The SMILES string of the molecule is COc1ccc(NC(=O)c2ccc(S(=O)(=O)N(C)C)cc2)cc1OC(F)F. The summed E-state index contributed by atoms with van der Waals surface area (Å²) in [4.78, 5) is 12.3. The molecule has 146 valence electrons. The number of amides is 1. The van der Waals surface area contributed by atoms with Gasteiger partial charge >= 0.3 is 6.61 Å². The molecule has 0 fully saturated rings. The van der Waals surface area contributed by atoms with Crippen molar-refractivity contribution in [2.24, 2.45) is 0 Å². The molecule has 0 aliphatic heterocycles. The van der Waals surface area contributed by atoms with Gasteiger partial charge in [-0.1, -0.05) is 0 Å². The number of methoxy groups -OCH3 is 1. The summed E-state index contributed by atoms with van der Waals surface area (Å²) in [5.74, 6) is -0.679. The minimum absolute atomic E-state index is 0.0427. The quantitative estimate of drug-likeness (QED) is 0.773. The Bertz CT molecular complexity index is 915. The van der Waals surface area contributed by atoms with Crippen molar-refractivity contribution in [2.75, 3.05) is 26.5 Å². The van der Waals surface area contributed by atoms with E-state index in [1.165, 1.54) is 63.7 Å². The summed E-state index contributed by atoms with van der Waals surface area (Å²) in [5.41, 5.74) is 0.404. The number of carbonyl (C=O) groups excluding carboxylic acids is 1. The maximum Gasteiger partial charge on any atom is 0.387 e. The predicted octanol–water partition coefficient (Wildman–Crippen LogP) is 2.80. The highest BCUT2D eigenvalue weighted by atomic mass is 32.2. The molecular weight excluding hydrogens is 382 g/mol. The smallest absolute Gasteiger partial charge is 0.387 e. The lowest BCUT2D eigenvalue weighted by atomic mass is 10.2. The second kappa shape index (κ2) is 8.31. The fourth-order valence-corrected chi connectivity index (χ4v) is 3.04. The number of hydrogen-bond acceptors (Lipinski definition) is 5. The van der Waals surface area contributed by atoms with Gasteiger partial charge in [-0.25, -0.2) is 12.7 Å². The van der Waals surface area contributed by atoms with Gasteiger partial charge in [-0.3, -0.25) is 4.79 Å². The van der Waals surface area contributed by atoms with Gasteiger partial charge in [-0.05, 0) is 36.4 Å². The zero-order valence-electron chi connectivity index (χ0n) is 14.8. The fraction of sp³-hybridized carbons (Fsp3) is 0.235. The molecule has 0 bridgehead atoms. The number of nitrogens with one attached hydrogen (secondary N) is 1. The van der Waals surface area contributed by atoms with Gasteiger partial charge in [0.1, 0.15) is 0 Å². The molecule has 7 nitrogen and oxygen atoms in total. The van der Waals surface area contributed by atoms with E-state index in [0.29, 0.717) is 0 Å². The van der Waals surface area contributed by atoms with Crippen LogP contribution in [0.1, 0.15) is 10.4 Å². The molecule has 10 heteroatoms. The van der Waals surface area contributed by atoms with E-state index in [1.807, 2.05) is 0 Å². The molecule has 27 heavy (non-hydrogen) atoms. The molecule has 2 aromatic carbocycles. The van der Waals surface area contributed by atoms with Crippen molar-refractivity contribution >= 4 is 21.6 Å². The van der Waals surface area contributed by atoms with E-state index < -0.39 is 22.5 Å². The number of sulfonamides is 1. The number of nitrogens with zero attached hydrogens (tertiary/aromatic N) is 1. The van der Waals surface area contributed by atoms with Crippen molar-refractivity contribution in [2.45, 2.75) is 11.5 Å². The van der Waals surface area contributed by atoms with E-state index in [9.17, 15) is 22.0 Å². The lowest BCUT2D eigenvalue weighted by molar-refractivity contribution is -0.0511. The molecule has 0 radical (unpaired) electrons. The third-order valence-corrected chi connectivity index (χ3v) is 5.36. The molecule has 1 N–H and O–H groups in total. The molecule has 0 aliphatic rings. The maximum absolute atomic E-state index is 12.5. The molecule has 0 atom stereocenters. The van der Waals surface area contributed by atoms with Gasteiger partial charge in [0, 0.05) is 31.4 Å². The Kier molecular flexibility index (Phi) is 6.34. The highest BCUT2D eigenvalue weighted by Gasteiger charge is 2.18. The van der Waals surface area contributed by atoms with Crippen LogP contribution in [0, 0.1) is 0 Å². The Balaban J connectivity index is 2.20. The summed E-state index contributed by atoms with van der Waals surface area (Å²) in [6.07, 6.45) is 0. The van der Waals surface area contributed by atoms with Crippen LogP contribution in [0.2, 0.25) is 0 Å². The normalized spacial score (nSPS) is 11.5. The van der Waals surface area contributed by atoms with Crippen molar-refractivity contribution in [3.8, 4) is 11.5 Å². The van der Waals surface area contributed by atoms with E-state index >= 15 is 0 Å². The van der Waals surface area contributed by atoms with Gasteiger partial charge in [-0.15, -0.1) is 0 Å². The van der Waals surface area contributed by atoms with E-state index in [1.54, 1.807) is 0 Å². The Morgan fingerprint density at radius 2 is 1.70 bits per heavy atom. The van der Waals surface area contributed by atoms with Crippen molar-refractivity contribution in [1.82, 2.24) is 4.31 Å². The van der Waals surface area contributed by atoms with Crippen LogP contribution in [0.25, 0.3) is 0 Å². The van der Waals surface area contributed by atoms with Gasteiger partial charge in [0.2, 0.25) is 10.0 Å². The number of alkyl halides is 2. The largest absolute Gasteiger partial charge is 0.493 e. The Morgan fingerprint density at radius 3 is 2.22 bits per heavy atom. The van der Waals surface area contributed by atoms with E-state index in [-0.39, 0.29) is 27.6 Å². The van der Waals surface area contributed by atoms with Gasteiger partial charge in [-0.2, -0.15) is 8.78 Å². The predicted molar refractivity (Wildman–Crippen MR) is 94.9 cm³/mol. The van der Waals surface area contributed by atoms with Gasteiger partial charge in [0.15, 0.2) is 11.5 Å². The first-order chi connectivity index (χ1) is 12.6. The first-order valence-corrected chi connectivity index (χ1v) is 9.06. The van der Waals surface area contributed by atoms with E-state index in [2.05, 4.69) is 10.1 Å². The molecule has 2 rings (SSSR count). The summed E-state index contributed by atoms with van der Waals surface area (Å²) in [7, 11) is 0.501. The van der Waals surface area contributed by atoms with Crippen LogP contribution >= 0.6 is 0 Å². The molecule has 0 saturated heterocycles. The van der Waals surface area contributed by atoms with Crippen LogP contribution < -0.4 is 14.8 Å². The Morgan fingerprint density at radius 1 is 1.07 bits per heavy atom. The average molecular weight is 400 g/mol. The highest BCUT2D eigenvalue weighted by molar-refractivity contribution is 7.89. The zero-order chi connectivity index (χ0) is 20.2. The number of ether oxygens (including phenoxy) is 2. The minimum atomic E-state index is -3.60. The number of rotatable bonds is 7. The van der Waals surface area contributed by atoms with Gasteiger partial charge in [0.25, 0.3) is 5.91 Å². The van der Waals surface area contributed by atoms with Gasteiger partial charge in [0.05, 0.1) is 12.0 Å². The third kappa shape index (κ3) is 4.92. The molecule has 2 aromatic rings. The maximum atomic E-state index is 12.5. The molecule has 0 heterocycles. The monoisotopic (exact) mass is 400 g/mol. The van der Waals surface area contributed by atoms with Crippen molar-refractivity contribution in [3.63, 3.8) is 0 Å². The lowest BCUT2D eigenvalue weighted by Crippen LogP contribution is -2.22. The van der Waals surface area contributed by atoms with Crippen LogP contribution in [0.4, 0.5) is 14.5 Å². The standard InChI is InChI=1S/C17H18F2N2O5S/c1-21(2)27(23,24)13-7-4-11(5-8-13)16(22)20-12-6-9-14(25-3)15(10-12)26-17(18)19/h4-10,17H,1-3H3,(H,20,22). The molecule has 0 saturated carbocycles.